The molecule has 6 aliphatic carbocycles. The number of methoxy groups -OCH3 is 1. The second-order valence-corrected chi connectivity index (χ2v) is 24.8. The second kappa shape index (κ2) is 22.1. The van der Waals surface area contributed by atoms with Gasteiger partial charge in [-0.25, -0.2) is 9.59 Å². The molecule has 2 spiro atoms. The van der Waals surface area contributed by atoms with Crippen LogP contribution in [0.3, 0.4) is 0 Å². The third kappa shape index (κ3) is 9.02. The zero-order valence-corrected chi connectivity index (χ0v) is 46.8. The second-order valence-electron chi connectivity index (χ2n) is 24.8. The number of rotatable bonds is 8. The van der Waals surface area contributed by atoms with E-state index in [-0.39, 0.29) is 90.8 Å². The van der Waals surface area contributed by atoms with E-state index in [1.54, 1.807) is 19.1 Å². The highest BCUT2D eigenvalue weighted by molar-refractivity contribution is 5.90. The van der Waals surface area contributed by atoms with E-state index in [9.17, 15) is 20.1 Å². The Morgan fingerprint density at radius 1 is 0.815 bits per heavy atom. The zero-order valence-electron chi connectivity index (χ0n) is 46.8. The number of carbonyl (C=O) groups excluding carboxylic acids is 2. The first-order valence-corrected chi connectivity index (χ1v) is 30.2. The number of ether oxygens (including phenoxy) is 4. The highest BCUT2D eigenvalue weighted by atomic mass is 16.6. The van der Waals surface area contributed by atoms with Crippen molar-refractivity contribution in [3.05, 3.63) is 186 Å². The van der Waals surface area contributed by atoms with Gasteiger partial charge < -0.3 is 38.7 Å². The van der Waals surface area contributed by atoms with Crippen LogP contribution in [-0.4, -0.2) is 65.9 Å². The standard InChI is InChI=1S/C70H76O11/c1-41(38-72)51-28-21-42-19-22-43(23-20-42)52-29-25-46(53-15-8-18-59-54(53)30-27-50-14-7-13-49-26-24-45-11-4-6-17-58(45)70(49,50)59)36-48(52)37-61(74)78-65-63-60(81-69(66(65)80-67(51)75)34-9-12-44-10-3-5-16-57(44)69)32-31-55-56(39-73)62(68(76)79-64(55)63)47(33-35-71)40-77-2/h4,6,8-9,11-12,15,17-20,22-26,29,31-32,44,46-50,52,57,65-66,71-73H,3,5,7,10,13-14,16,21,27-28,30,33-40H2,1-2H3. The molecule has 81 heavy (non-hydrogen) atoms. The van der Waals surface area contributed by atoms with Crippen molar-refractivity contribution in [1.82, 2.24) is 0 Å². The van der Waals surface area contributed by atoms with Gasteiger partial charge in [-0.2, -0.15) is 0 Å². The van der Waals surface area contributed by atoms with E-state index >= 15 is 9.59 Å². The number of hydrogen-bond donors (Lipinski definition) is 3. The van der Waals surface area contributed by atoms with Crippen LogP contribution in [0.1, 0.15) is 170 Å². The molecule has 2 fully saturated rings. The Labute approximate surface area is 474 Å². The Hall–Kier alpha value is -6.37. The van der Waals surface area contributed by atoms with Crippen LogP contribution in [0.4, 0.5) is 0 Å². The molecule has 4 heterocycles. The van der Waals surface area contributed by atoms with Crippen molar-refractivity contribution in [2.45, 2.75) is 151 Å². The fourth-order valence-corrected chi connectivity index (χ4v) is 17.2. The van der Waals surface area contributed by atoms with Gasteiger partial charge in [0.1, 0.15) is 11.3 Å². The molecule has 422 valence electrons. The van der Waals surface area contributed by atoms with E-state index in [0.29, 0.717) is 58.9 Å². The number of aryl methyl sites for hydroxylation is 1. The fraction of sp³-hybridized carbons (Fsp3) is 0.471. The normalized spacial score (nSPS) is 31.2. The van der Waals surface area contributed by atoms with Crippen LogP contribution < -0.4 is 10.4 Å². The van der Waals surface area contributed by atoms with E-state index in [1.807, 2.05) is 0 Å². The highest BCUT2D eigenvalue weighted by Crippen LogP contribution is 2.61. The van der Waals surface area contributed by atoms with Crippen molar-refractivity contribution in [2.75, 3.05) is 26.9 Å². The lowest BCUT2D eigenvalue weighted by Gasteiger charge is -2.55. The Morgan fingerprint density at radius 2 is 1.65 bits per heavy atom. The number of allylic oxidation sites excluding steroid dienone is 4. The maximum Gasteiger partial charge on any atom is 0.340 e. The lowest BCUT2D eigenvalue weighted by atomic mass is 9.48. The largest absolute Gasteiger partial charge is 0.482 e. The van der Waals surface area contributed by atoms with Gasteiger partial charge in [0.15, 0.2) is 17.8 Å². The van der Waals surface area contributed by atoms with Gasteiger partial charge in [-0.15, -0.1) is 0 Å². The predicted molar refractivity (Wildman–Crippen MR) is 310 cm³/mol. The predicted octanol–water partition coefficient (Wildman–Crippen LogP) is 12.3. The molecule has 12 unspecified atom stereocenters. The molecule has 0 amide bonds. The SMILES string of the molecule is COCC(CCO)c1c(CO)c2ccc3c(c2oc1=O)C1OC(=O)CC2CC(c4cccc5c4CCC4CCCC6C=Cc7ccccc7C564)C=CC2c2ccc(cc2)CCC(=C(C)CO)C(=O)OC1C1(CC=CC2CCCCC21)O3. The number of carbonyl (C=O) groups is 2. The molecule has 0 radical (unpaired) electrons. The summed E-state index contributed by atoms with van der Waals surface area (Å²) >= 11 is 0. The van der Waals surface area contributed by atoms with Crippen molar-refractivity contribution >= 4 is 29.0 Å². The van der Waals surface area contributed by atoms with Crippen LogP contribution in [0.25, 0.3) is 17.0 Å². The van der Waals surface area contributed by atoms with Gasteiger partial charge in [-0.05, 0) is 157 Å². The third-order valence-electron chi connectivity index (χ3n) is 20.8. The summed E-state index contributed by atoms with van der Waals surface area (Å²) in [6.07, 6.45) is 22.9. The Kier molecular flexibility index (Phi) is 14.7. The minimum absolute atomic E-state index is 0.0262. The summed E-state index contributed by atoms with van der Waals surface area (Å²) < 4.78 is 33.4. The Morgan fingerprint density at radius 3 is 2.48 bits per heavy atom. The summed E-state index contributed by atoms with van der Waals surface area (Å²) in [6, 6.07) is 28.2. The van der Waals surface area contributed by atoms with Crippen molar-refractivity contribution in [2.24, 2.45) is 29.6 Å². The van der Waals surface area contributed by atoms with Gasteiger partial charge in [-0.3, -0.25) is 4.79 Å². The van der Waals surface area contributed by atoms with Crippen LogP contribution >= 0.6 is 0 Å². The van der Waals surface area contributed by atoms with E-state index in [2.05, 4.69) is 103 Å². The molecule has 3 N–H and O–H groups in total. The summed E-state index contributed by atoms with van der Waals surface area (Å²) in [4.78, 5) is 45.6. The Bertz CT molecular complexity index is 3430. The fourth-order valence-electron chi connectivity index (χ4n) is 17.2. The first-order valence-electron chi connectivity index (χ1n) is 30.2. The van der Waals surface area contributed by atoms with Crippen LogP contribution in [0.2, 0.25) is 0 Å². The smallest absolute Gasteiger partial charge is 0.340 e. The summed E-state index contributed by atoms with van der Waals surface area (Å²) in [5.41, 5.74) is 8.75. The van der Waals surface area contributed by atoms with E-state index < -0.39 is 47.9 Å². The number of aliphatic hydroxyl groups is 3. The molecular weight excluding hydrogens is 1020 g/mol. The lowest BCUT2D eigenvalue weighted by Crippen LogP contribution is -2.62. The quantitative estimate of drug-likeness (QED) is 0.0587. The summed E-state index contributed by atoms with van der Waals surface area (Å²) in [7, 11) is 1.52. The van der Waals surface area contributed by atoms with Crippen LogP contribution in [0, 0.1) is 29.6 Å². The van der Waals surface area contributed by atoms with Crippen molar-refractivity contribution in [3.8, 4) is 5.75 Å². The number of esters is 2. The molecule has 11 nitrogen and oxygen atoms in total. The molecular formula is C70H76O11. The van der Waals surface area contributed by atoms with E-state index in [0.717, 1.165) is 49.7 Å². The molecule has 14 rings (SSSR count). The molecule has 11 heteroatoms. The van der Waals surface area contributed by atoms with Crippen LogP contribution in [-0.2, 0) is 48.7 Å². The van der Waals surface area contributed by atoms with Gasteiger partial charge in [0.05, 0.1) is 25.4 Å². The first-order chi connectivity index (χ1) is 39.6. The van der Waals surface area contributed by atoms with Gasteiger partial charge >= 0.3 is 17.6 Å². The number of benzene rings is 4. The molecule has 2 bridgehead atoms. The summed E-state index contributed by atoms with van der Waals surface area (Å²) in [5, 5.41) is 32.4. The number of aliphatic hydroxyl groups excluding tert-OH is 3. The van der Waals surface area contributed by atoms with Gasteiger partial charge in [0.25, 0.3) is 0 Å². The molecule has 2 saturated carbocycles. The topological polar surface area (TPSA) is 162 Å². The van der Waals surface area contributed by atoms with Crippen molar-refractivity contribution in [1.29, 1.82) is 0 Å². The molecule has 3 aliphatic heterocycles. The van der Waals surface area contributed by atoms with Gasteiger partial charge in [0.2, 0.25) is 0 Å². The maximum absolute atomic E-state index is 15.8. The molecule has 9 aliphatic rings. The van der Waals surface area contributed by atoms with Crippen molar-refractivity contribution in [3.63, 3.8) is 0 Å². The number of fused-ring (bicyclic) bond motifs is 15. The molecule has 1 aromatic heterocycles. The average molecular weight is 1090 g/mol. The Balaban J connectivity index is 0.956. The van der Waals surface area contributed by atoms with Crippen molar-refractivity contribution < 1.29 is 48.3 Å². The average Bonchev–Trinajstić information content (AvgIpc) is 2.61. The van der Waals surface area contributed by atoms with E-state index in [1.165, 1.54) is 54.2 Å². The van der Waals surface area contributed by atoms with Crippen LogP contribution in [0.5, 0.6) is 5.75 Å². The summed E-state index contributed by atoms with van der Waals surface area (Å²) in [5.74, 6) is -0.732. The zero-order chi connectivity index (χ0) is 55.6. The highest BCUT2D eigenvalue weighted by Gasteiger charge is 2.61. The molecule has 4 aromatic carbocycles. The minimum Gasteiger partial charge on any atom is -0.482 e. The minimum atomic E-state index is -1.32. The maximum atomic E-state index is 15.8. The molecule has 0 saturated heterocycles. The van der Waals surface area contributed by atoms with Crippen LogP contribution in [0.15, 0.2) is 130 Å². The number of hydrogen-bond acceptors (Lipinski definition) is 11. The third-order valence-corrected chi connectivity index (χ3v) is 20.8. The molecule has 5 aromatic rings. The van der Waals surface area contributed by atoms with E-state index in [4.69, 9.17) is 23.4 Å². The van der Waals surface area contributed by atoms with Gasteiger partial charge in [0, 0.05) is 72.2 Å². The summed E-state index contributed by atoms with van der Waals surface area (Å²) in [6.45, 7) is 0.721. The lowest BCUT2D eigenvalue weighted by molar-refractivity contribution is -0.208. The monoisotopic (exact) mass is 1090 g/mol. The van der Waals surface area contributed by atoms with Gasteiger partial charge in [-0.1, -0.05) is 122 Å². The first kappa shape index (κ1) is 53.9. The molecule has 12 atom stereocenters.